The van der Waals surface area contributed by atoms with Crippen LogP contribution in [0.15, 0.2) is 17.5 Å². The van der Waals surface area contributed by atoms with Gasteiger partial charge < -0.3 is 14.4 Å². The maximum Gasteiger partial charge on any atom is 0.0781 e. The standard InChI is InChI=1S/C17H28N2O2S/c1-18(2)7-9-20-13-14-5-6-16-17(14)21-10-8-19(16)12-15-4-3-11-22-15/h3-4,11,14,16-17H,5-10,12-13H2,1-2H3/t14-,16-,17+/m0/s1. The lowest BCUT2D eigenvalue weighted by Crippen LogP contribution is -2.50. The molecule has 3 atom stereocenters. The van der Waals surface area contributed by atoms with Gasteiger partial charge in [-0.2, -0.15) is 0 Å². The van der Waals surface area contributed by atoms with E-state index >= 15 is 0 Å². The largest absolute Gasteiger partial charge is 0.380 e. The van der Waals surface area contributed by atoms with E-state index in [1.54, 1.807) is 0 Å². The van der Waals surface area contributed by atoms with Gasteiger partial charge in [0, 0.05) is 36.5 Å². The molecule has 2 fully saturated rings. The molecule has 4 nitrogen and oxygen atoms in total. The van der Waals surface area contributed by atoms with E-state index in [-0.39, 0.29) is 0 Å². The summed E-state index contributed by atoms with van der Waals surface area (Å²) in [5, 5.41) is 2.17. The second kappa shape index (κ2) is 7.88. The molecule has 3 rings (SSSR count). The lowest BCUT2D eigenvalue weighted by atomic mass is 10.0. The fraction of sp³-hybridized carbons (Fsp3) is 0.765. The summed E-state index contributed by atoms with van der Waals surface area (Å²) in [6, 6.07) is 4.97. The van der Waals surface area contributed by atoms with Crippen molar-refractivity contribution in [2.75, 3.05) is 47.0 Å². The fourth-order valence-electron chi connectivity index (χ4n) is 3.60. The Balaban J connectivity index is 1.49. The lowest BCUT2D eigenvalue weighted by molar-refractivity contribution is -0.0881. The Morgan fingerprint density at radius 3 is 3.09 bits per heavy atom. The van der Waals surface area contributed by atoms with Crippen molar-refractivity contribution in [2.24, 2.45) is 5.92 Å². The molecule has 1 aliphatic heterocycles. The third-order valence-corrected chi connectivity index (χ3v) is 5.65. The average Bonchev–Trinajstić information content (AvgIpc) is 3.14. The second-order valence-electron chi connectivity index (χ2n) is 6.67. The Morgan fingerprint density at radius 2 is 2.32 bits per heavy atom. The molecule has 2 heterocycles. The molecule has 1 saturated heterocycles. The van der Waals surface area contributed by atoms with E-state index in [4.69, 9.17) is 9.47 Å². The molecule has 0 radical (unpaired) electrons. The van der Waals surface area contributed by atoms with Crippen molar-refractivity contribution in [3.05, 3.63) is 22.4 Å². The Hall–Kier alpha value is -0.460. The highest BCUT2D eigenvalue weighted by Crippen LogP contribution is 2.35. The number of hydrogen-bond donors (Lipinski definition) is 0. The smallest absolute Gasteiger partial charge is 0.0781 e. The number of hydrogen-bond acceptors (Lipinski definition) is 5. The highest BCUT2D eigenvalue weighted by Gasteiger charge is 2.42. The topological polar surface area (TPSA) is 24.9 Å². The maximum absolute atomic E-state index is 6.11. The predicted molar refractivity (Wildman–Crippen MR) is 90.4 cm³/mol. The molecule has 0 aromatic carbocycles. The molecule has 0 spiro atoms. The molecule has 124 valence electrons. The molecule has 1 saturated carbocycles. The molecule has 5 heteroatoms. The van der Waals surface area contributed by atoms with Crippen LogP contribution in [0.4, 0.5) is 0 Å². The number of morpholine rings is 1. The van der Waals surface area contributed by atoms with Gasteiger partial charge in [-0.1, -0.05) is 6.07 Å². The zero-order chi connectivity index (χ0) is 15.4. The first-order valence-corrected chi connectivity index (χ1v) is 9.22. The molecule has 0 N–H and O–H groups in total. The van der Waals surface area contributed by atoms with Crippen LogP contribution in [0, 0.1) is 5.92 Å². The maximum atomic E-state index is 6.11. The minimum Gasteiger partial charge on any atom is -0.380 e. The van der Waals surface area contributed by atoms with Gasteiger partial charge in [0.1, 0.15) is 0 Å². The summed E-state index contributed by atoms with van der Waals surface area (Å²) in [7, 11) is 4.17. The van der Waals surface area contributed by atoms with Crippen molar-refractivity contribution >= 4 is 11.3 Å². The van der Waals surface area contributed by atoms with Crippen molar-refractivity contribution in [1.29, 1.82) is 0 Å². The zero-order valence-corrected chi connectivity index (χ0v) is 14.6. The van der Waals surface area contributed by atoms with Gasteiger partial charge in [0.2, 0.25) is 0 Å². The molecule has 1 aromatic heterocycles. The monoisotopic (exact) mass is 324 g/mol. The summed E-state index contributed by atoms with van der Waals surface area (Å²) in [6.45, 7) is 5.66. The fourth-order valence-corrected chi connectivity index (χ4v) is 4.33. The molecule has 22 heavy (non-hydrogen) atoms. The summed E-state index contributed by atoms with van der Waals surface area (Å²) < 4.78 is 12.0. The first-order chi connectivity index (χ1) is 10.7. The SMILES string of the molecule is CN(C)CCOC[C@@H]1CC[C@H]2[C@@H]1OCCN2Cc1cccs1. The number of rotatable bonds is 7. The van der Waals surface area contributed by atoms with Crippen LogP contribution in [-0.4, -0.2) is 69.0 Å². The lowest BCUT2D eigenvalue weighted by Gasteiger charge is -2.39. The third kappa shape index (κ3) is 4.09. The van der Waals surface area contributed by atoms with Crippen LogP contribution in [-0.2, 0) is 16.0 Å². The van der Waals surface area contributed by atoms with E-state index in [2.05, 4.69) is 41.4 Å². The van der Waals surface area contributed by atoms with Gasteiger partial charge in [0.05, 0.1) is 25.9 Å². The molecular weight excluding hydrogens is 296 g/mol. The average molecular weight is 324 g/mol. The van der Waals surface area contributed by atoms with E-state index in [1.165, 1.54) is 17.7 Å². The van der Waals surface area contributed by atoms with Gasteiger partial charge in [0.15, 0.2) is 0 Å². The van der Waals surface area contributed by atoms with Gasteiger partial charge >= 0.3 is 0 Å². The zero-order valence-electron chi connectivity index (χ0n) is 13.7. The normalized spacial score (nSPS) is 29.1. The number of likely N-dealkylation sites (N-methyl/N-ethyl adjacent to an activating group) is 1. The Kier molecular flexibility index (Phi) is 5.88. The number of nitrogens with zero attached hydrogens (tertiary/aromatic N) is 2. The highest BCUT2D eigenvalue weighted by molar-refractivity contribution is 7.09. The van der Waals surface area contributed by atoms with Gasteiger partial charge in [-0.25, -0.2) is 0 Å². The Bertz CT molecular complexity index is 438. The van der Waals surface area contributed by atoms with Crippen LogP contribution in [0.1, 0.15) is 17.7 Å². The molecule has 1 aliphatic carbocycles. The van der Waals surface area contributed by atoms with Crippen LogP contribution in [0.25, 0.3) is 0 Å². The van der Waals surface area contributed by atoms with Crippen LogP contribution in [0.2, 0.25) is 0 Å². The summed E-state index contributed by atoms with van der Waals surface area (Å²) in [5.74, 6) is 0.568. The Morgan fingerprint density at radius 1 is 1.41 bits per heavy atom. The minimum atomic E-state index is 0.369. The van der Waals surface area contributed by atoms with E-state index in [0.29, 0.717) is 18.1 Å². The molecule has 1 aromatic rings. The van der Waals surface area contributed by atoms with Gasteiger partial charge in [-0.15, -0.1) is 11.3 Å². The van der Waals surface area contributed by atoms with Crippen LogP contribution in [0.3, 0.4) is 0 Å². The number of fused-ring (bicyclic) bond motifs is 1. The second-order valence-corrected chi connectivity index (χ2v) is 7.70. The highest BCUT2D eigenvalue weighted by atomic mass is 32.1. The van der Waals surface area contributed by atoms with Crippen molar-refractivity contribution in [3.63, 3.8) is 0 Å². The van der Waals surface area contributed by atoms with Crippen molar-refractivity contribution in [1.82, 2.24) is 9.80 Å². The summed E-state index contributed by atoms with van der Waals surface area (Å²) >= 11 is 1.86. The quantitative estimate of drug-likeness (QED) is 0.719. The molecule has 0 unspecified atom stereocenters. The van der Waals surface area contributed by atoms with Gasteiger partial charge in [0.25, 0.3) is 0 Å². The summed E-state index contributed by atoms with van der Waals surface area (Å²) in [4.78, 5) is 6.25. The van der Waals surface area contributed by atoms with Gasteiger partial charge in [-0.05, 0) is 38.4 Å². The first-order valence-electron chi connectivity index (χ1n) is 8.34. The van der Waals surface area contributed by atoms with Crippen LogP contribution in [0.5, 0.6) is 0 Å². The Labute approximate surface area is 138 Å². The van der Waals surface area contributed by atoms with Crippen molar-refractivity contribution < 1.29 is 9.47 Å². The summed E-state index contributed by atoms with van der Waals surface area (Å²) in [5.41, 5.74) is 0. The van der Waals surface area contributed by atoms with Crippen molar-refractivity contribution in [3.8, 4) is 0 Å². The number of thiophene rings is 1. The van der Waals surface area contributed by atoms with Crippen molar-refractivity contribution in [2.45, 2.75) is 31.5 Å². The molecule has 2 aliphatic rings. The van der Waals surface area contributed by atoms with E-state index < -0.39 is 0 Å². The summed E-state index contributed by atoms with van der Waals surface area (Å²) in [6.07, 6.45) is 2.85. The minimum absolute atomic E-state index is 0.369. The van der Waals surface area contributed by atoms with E-state index in [9.17, 15) is 0 Å². The van der Waals surface area contributed by atoms with E-state index in [0.717, 1.165) is 39.5 Å². The number of ether oxygens (including phenoxy) is 2. The first kappa shape index (κ1) is 16.4. The van der Waals surface area contributed by atoms with Gasteiger partial charge in [-0.3, -0.25) is 4.90 Å². The van der Waals surface area contributed by atoms with E-state index in [1.807, 2.05) is 11.3 Å². The molecule has 0 bridgehead atoms. The third-order valence-electron chi connectivity index (χ3n) is 4.79. The van der Waals surface area contributed by atoms with Crippen LogP contribution >= 0.6 is 11.3 Å². The molecule has 0 amide bonds. The molecular formula is C17H28N2O2S. The predicted octanol–water partition coefficient (Wildman–Crippen LogP) is 2.31. The van der Waals surface area contributed by atoms with Crippen LogP contribution < -0.4 is 0 Å².